The van der Waals surface area contributed by atoms with Crippen LogP contribution in [0.3, 0.4) is 0 Å². The molecule has 0 saturated carbocycles. The van der Waals surface area contributed by atoms with E-state index in [2.05, 4.69) is 10.6 Å². The molecule has 0 bridgehead atoms. The summed E-state index contributed by atoms with van der Waals surface area (Å²) >= 11 is 0. The van der Waals surface area contributed by atoms with Gasteiger partial charge in [0.25, 0.3) is 5.91 Å². The highest BCUT2D eigenvalue weighted by molar-refractivity contribution is 5.93. The van der Waals surface area contributed by atoms with E-state index in [4.69, 9.17) is 16.6 Å². The molecular weight excluding hydrogens is 392 g/mol. The zero-order valence-corrected chi connectivity index (χ0v) is 17.1. The van der Waals surface area contributed by atoms with Gasteiger partial charge in [0.05, 0.1) is 6.42 Å². The Kier molecular flexibility index (Phi) is 9.93. The second kappa shape index (κ2) is 11.9. The molecule has 4 atom stereocenters. The third-order valence-electron chi connectivity index (χ3n) is 4.35. The summed E-state index contributed by atoms with van der Waals surface area (Å²) in [5.41, 5.74) is 11.8. The molecule has 0 radical (unpaired) electrons. The fourth-order valence-corrected chi connectivity index (χ4v) is 2.83. The normalized spacial score (nSPS) is 15.0. The number of aliphatic hydroxyl groups excluding tert-OH is 1. The van der Waals surface area contributed by atoms with Gasteiger partial charge in [-0.2, -0.15) is 0 Å². The lowest BCUT2D eigenvalue weighted by Gasteiger charge is -2.25. The summed E-state index contributed by atoms with van der Waals surface area (Å²) in [5, 5.41) is 24.1. The summed E-state index contributed by atoms with van der Waals surface area (Å²) in [6, 6.07) is 5.52. The molecule has 0 fully saturated rings. The molecule has 0 unspecified atom stereocenters. The molecule has 30 heavy (non-hydrogen) atoms. The lowest BCUT2D eigenvalue weighted by molar-refractivity contribution is -0.144. The Labute approximate surface area is 175 Å². The van der Waals surface area contributed by atoms with E-state index in [0.717, 1.165) is 5.56 Å². The maximum Gasteiger partial charge on any atom is 0.326 e. The summed E-state index contributed by atoms with van der Waals surface area (Å²) in [6.07, 6.45) is -1.74. The molecule has 0 aromatic heterocycles. The van der Waals surface area contributed by atoms with Gasteiger partial charge in [-0.25, -0.2) is 4.79 Å². The predicted molar refractivity (Wildman–Crippen MR) is 109 cm³/mol. The summed E-state index contributed by atoms with van der Waals surface area (Å²) < 4.78 is 0. The minimum Gasteiger partial charge on any atom is -0.480 e. The molecule has 1 rings (SSSR count). The van der Waals surface area contributed by atoms with E-state index in [1.165, 1.54) is 0 Å². The van der Waals surface area contributed by atoms with Crippen LogP contribution in [0, 0.1) is 5.92 Å². The lowest BCUT2D eigenvalue weighted by atomic mass is 9.99. The number of hydrogen-bond acceptors (Lipinski definition) is 6. The van der Waals surface area contributed by atoms with Gasteiger partial charge in [-0.15, -0.1) is 0 Å². The van der Waals surface area contributed by atoms with Crippen LogP contribution in [0.25, 0.3) is 0 Å². The highest BCUT2D eigenvalue weighted by atomic mass is 16.4. The average molecular weight is 422 g/mol. The van der Waals surface area contributed by atoms with Crippen molar-refractivity contribution in [3.8, 4) is 0 Å². The fourth-order valence-electron chi connectivity index (χ4n) is 2.83. The molecule has 0 aliphatic heterocycles. The van der Waals surface area contributed by atoms with E-state index in [0.29, 0.717) is 0 Å². The minimum absolute atomic E-state index is 0.0318. The smallest absolute Gasteiger partial charge is 0.326 e. The van der Waals surface area contributed by atoms with Crippen LogP contribution >= 0.6 is 0 Å². The molecule has 0 aliphatic carbocycles. The quantitative estimate of drug-likeness (QED) is 0.246. The standard InChI is InChI=1S/C20H30N4O6/c1-11(2)8-14(18(27)24-15(20(29)30)10-16(22)25)23-19(28)17(26)13(21)9-12-6-4-3-5-7-12/h3-7,11,13-15,17,26H,8-10,21H2,1-2H3,(H2,22,25)(H,23,28)(H,24,27)(H,29,30)/t13-,14+,15-,17+/m1/s1. The number of rotatable bonds is 12. The number of nitrogens with one attached hydrogen (secondary N) is 2. The van der Waals surface area contributed by atoms with Crippen LogP contribution in [-0.4, -0.2) is 58.1 Å². The van der Waals surface area contributed by atoms with Crippen molar-refractivity contribution in [3.05, 3.63) is 35.9 Å². The average Bonchev–Trinajstić information content (AvgIpc) is 2.66. The van der Waals surface area contributed by atoms with E-state index in [1.54, 1.807) is 0 Å². The molecule has 0 spiro atoms. The molecule has 0 saturated heterocycles. The number of carboxylic acid groups (broad SMARTS) is 1. The Morgan fingerprint density at radius 2 is 1.57 bits per heavy atom. The second-order valence-corrected chi connectivity index (χ2v) is 7.56. The van der Waals surface area contributed by atoms with Gasteiger partial charge in [0.2, 0.25) is 11.8 Å². The van der Waals surface area contributed by atoms with Crippen LogP contribution < -0.4 is 22.1 Å². The fraction of sp³-hybridized carbons (Fsp3) is 0.500. The number of nitrogens with two attached hydrogens (primary N) is 2. The highest BCUT2D eigenvalue weighted by Gasteiger charge is 2.31. The van der Waals surface area contributed by atoms with Gasteiger partial charge in [-0.05, 0) is 24.3 Å². The van der Waals surface area contributed by atoms with Crippen LogP contribution in [0.4, 0.5) is 0 Å². The van der Waals surface area contributed by atoms with Crippen molar-refractivity contribution >= 4 is 23.7 Å². The van der Waals surface area contributed by atoms with Crippen molar-refractivity contribution < 1.29 is 29.4 Å². The number of benzene rings is 1. The largest absolute Gasteiger partial charge is 0.480 e. The first-order valence-electron chi connectivity index (χ1n) is 9.60. The maximum absolute atomic E-state index is 12.5. The number of amides is 3. The molecule has 10 heteroatoms. The monoisotopic (exact) mass is 422 g/mol. The van der Waals surface area contributed by atoms with E-state index in [1.807, 2.05) is 44.2 Å². The molecule has 10 nitrogen and oxygen atoms in total. The number of hydrogen-bond donors (Lipinski definition) is 6. The van der Waals surface area contributed by atoms with Crippen molar-refractivity contribution in [2.45, 2.75) is 57.3 Å². The van der Waals surface area contributed by atoms with Crippen LogP contribution in [-0.2, 0) is 25.6 Å². The van der Waals surface area contributed by atoms with Crippen LogP contribution in [0.1, 0.15) is 32.3 Å². The Morgan fingerprint density at radius 3 is 2.07 bits per heavy atom. The summed E-state index contributed by atoms with van der Waals surface area (Å²) in [6.45, 7) is 3.62. The van der Waals surface area contributed by atoms with Crippen LogP contribution in [0.2, 0.25) is 0 Å². The molecule has 166 valence electrons. The SMILES string of the molecule is CC(C)C[C@H](NC(=O)[C@@H](O)[C@H](N)Cc1ccccc1)C(=O)N[C@H](CC(N)=O)C(=O)O. The van der Waals surface area contributed by atoms with Gasteiger partial charge in [0, 0.05) is 6.04 Å². The maximum atomic E-state index is 12.5. The van der Waals surface area contributed by atoms with Gasteiger partial charge >= 0.3 is 5.97 Å². The Bertz CT molecular complexity index is 740. The summed E-state index contributed by atoms with van der Waals surface area (Å²) in [4.78, 5) is 47.3. The Balaban J connectivity index is 2.81. The number of primary amides is 1. The molecular formula is C20H30N4O6. The Hall–Kier alpha value is -2.98. The first kappa shape index (κ1) is 25.1. The third kappa shape index (κ3) is 8.58. The molecule has 0 heterocycles. The minimum atomic E-state index is -1.58. The van der Waals surface area contributed by atoms with Crippen LogP contribution in [0.5, 0.6) is 0 Å². The van der Waals surface area contributed by atoms with E-state index in [-0.39, 0.29) is 18.8 Å². The van der Waals surface area contributed by atoms with Crippen molar-refractivity contribution in [1.82, 2.24) is 10.6 Å². The van der Waals surface area contributed by atoms with E-state index < -0.39 is 54.3 Å². The number of aliphatic carboxylic acids is 1. The van der Waals surface area contributed by atoms with Gasteiger partial charge in [0.1, 0.15) is 18.2 Å². The topological polar surface area (TPSA) is 185 Å². The number of carbonyl (C=O) groups is 4. The first-order chi connectivity index (χ1) is 14.0. The van der Waals surface area contributed by atoms with Gasteiger partial charge < -0.3 is 32.3 Å². The van der Waals surface area contributed by atoms with Crippen molar-refractivity contribution in [2.75, 3.05) is 0 Å². The third-order valence-corrected chi connectivity index (χ3v) is 4.35. The molecule has 1 aromatic carbocycles. The van der Waals surface area contributed by atoms with E-state index in [9.17, 15) is 24.3 Å². The summed E-state index contributed by atoms with van der Waals surface area (Å²) in [5.74, 6) is -4.00. The van der Waals surface area contributed by atoms with Crippen molar-refractivity contribution in [3.63, 3.8) is 0 Å². The molecule has 3 amide bonds. The van der Waals surface area contributed by atoms with Crippen LogP contribution in [0.15, 0.2) is 30.3 Å². The zero-order chi connectivity index (χ0) is 22.8. The van der Waals surface area contributed by atoms with Gasteiger partial charge in [-0.1, -0.05) is 44.2 Å². The van der Waals surface area contributed by atoms with Gasteiger partial charge in [-0.3, -0.25) is 14.4 Å². The predicted octanol–water partition coefficient (Wildman–Crippen LogP) is -1.11. The first-order valence-corrected chi connectivity index (χ1v) is 9.60. The number of carboxylic acids is 1. The molecule has 8 N–H and O–H groups in total. The van der Waals surface area contributed by atoms with Crippen molar-refractivity contribution in [1.29, 1.82) is 0 Å². The van der Waals surface area contributed by atoms with Gasteiger partial charge in [0.15, 0.2) is 0 Å². The summed E-state index contributed by atoms with van der Waals surface area (Å²) in [7, 11) is 0. The lowest BCUT2D eigenvalue weighted by Crippen LogP contribution is -2.56. The molecule has 1 aromatic rings. The van der Waals surface area contributed by atoms with E-state index >= 15 is 0 Å². The molecule has 0 aliphatic rings. The zero-order valence-electron chi connectivity index (χ0n) is 17.1. The number of aliphatic hydroxyl groups is 1. The Morgan fingerprint density at radius 1 is 1.00 bits per heavy atom. The number of carbonyl (C=O) groups excluding carboxylic acids is 3. The van der Waals surface area contributed by atoms with Crippen molar-refractivity contribution in [2.24, 2.45) is 17.4 Å². The highest BCUT2D eigenvalue weighted by Crippen LogP contribution is 2.09. The second-order valence-electron chi connectivity index (χ2n) is 7.56.